The van der Waals surface area contributed by atoms with E-state index in [-0.39, 0.29) is 10.8 Å². The van der Waals surface area contributed by atoms with Crippen molar-refractivity contribution in [1.29, 1.82) is 0 Å². The summed E-state index contributed by atoms with van der Waals surface area (Å²) in [5.74, 6) is 1.18. The molecule has 0 spiro atoms. The van der Waals surface area contributed by atoms with E-state index in [9.17, 15) is 4.79 Å². The first-order chi connectivity index (χ1) is 9.49. The summed E-state index contributed by atoms with van der Waals surface area (Å²) in [6.07, 6.45) is 0. The number of rotatable bonds is 6. The number of halogens is 2. The van der Waals surface area contributed by atoms with Gasteiger partial charge in [0, 0.05) is 0 Å². The molecule has 0 bridgehead atoms. The lowest BCUT2D eigenvalue weighted by molar-refractivity contribution is -0.139. The highest BCUT2D eigenvalue weighted by Crippen LogP contribution is 2.43. The molecule has 1 aromatic rings. The van der Waals surface area contributed by atoms with Crippen LogP contribution in [0.25, 0.3) is 0 Å². The predicted molar refractivity (Wildman–Crippen MR) is 82.5 cm³/mol. The van der Waals surface area contributed by atoms with Crippen LogP contribution in [0.15, 0.2) is 12.1 Å². The second-order valence-corrected chi connectivity index (χ2v) is 5.76. The molecule has 1 aromatic carbocycles. The number of ether oxygens (including phenoxy) is 4. The Labute approximate surface area is 134 Å². The van der Waals surface area contributed by atoms with E-state index in [1.54, 1.807) is 12.1 Å². The number of carbonyl (C=O) groups excluding carboxylic acids is 1. The maximum absolute atomic E-state index is 11.6. The summed E-state index contributed by atoms with van der Waals surface area (Å²) in [5.41, 5.74) is 0.798. The van der Waals surface area contributed by atoms with Crippen LogP contribution in [-0.4, -0.2) is 39.2 Å². The van der Waals surface area contributed by atoms with Crippen LogP contribution in [0.3, 0.4) is 0 Å². The van der Waals surface area contributed by atoms with Crippen LogP contribution in [0, 0.1) is 0 Å². The first-order valence-corrected chi connectivity index (χ1v) is 7.49. The normalized spacial score (nSPS) is 13.3. The van der Waals surface area contributed by atoms with Crippen LogP contribution in [0.1, 0.15) is 10.4 Å². The fourth-order valence-corrected chi connectivity index (χ4v) is 2.63. The van der Waals surface area contributed by atoms with Crippen molar-refractivity contribution in [3.8, 4) is 17.2 Å². The molecule has 0 aromatic heterocycles. The van der Waals surface area contributed by atoms with E-state index in [1.807, 2.05) is 0 Å². The Hall–Kier alpha value is -0.950. The number of hydrogen-bond donors (Lipinski definition) is 0. The molecule has 0 N–H and O–H groups in total. The molecular weight excluding hydrogens is 396 g/mol. The molecule has 0 saturated carbocycles. The van der Waals surface area contributed by atoms with Gasteiger partial charge in [-0.1, -0.05) is 31.9 Å². The zero-order valence-electron chi connectivity index (χ0n) is 11.6. The molecule has 5 nitrogen and oxygen atoms in total. The van der Waals surface area contributed by atoms with Crippen molar-refractivity contribution in [3.05, 3.63) is 17.7 Å². The standard InChI is InChI=1S/C13H16Br2O5/c1-17-8-5-7(6-9(18-2)12(8)19-3)10(14)11(15)13(16)20-4/h5-6,10-11H,1-4H3/t10-,11-/m1/s1. The number of hydrogen-bond acceptors (Lipinski definition) is 5. The Morgan fingerprint density at radius 2 is 1.50 bits per heavy atom. The Kier molecular flexibility index (Phi) is 6.61. The lowest BCUT2D eigenvalue weighted by atomic mass is 10.1. The smallest absolute Gasteiger partial charge is 0.320 e. The second-order valence-electron chi connectivity index (χ2n) is 3.79. The third-order valence-electron chi connectivity index (χ3n) is 2.69. The number of alkyl halides is 2. The molecule has 112 valence electrons. The van der Waals surface area contributed by atoms with Gasteiger partial charge in [-0.2, -0.15) is 0 Å². The second kappa shape index (κ2) is 7.73. The van der Waals surface area contributed by atoms with Gasteiger partial charge in [0.05, 0.1) is 33.3 Å². The Balaban J connectivity index is 3.22. The minimum Gasteiger partial charge on any atom is -0.493 e. The molecule has 0 aliphatic rings. The largest absolute Gasteiger partial charge is 0.493 e. The van der Waals surface area contributed by atoms with Crippen LogP contribution < -0.4 is 14.2 Å². The zero-order chi connectivity index (χ0) is 15.3. The molecule has 0 aliphatic heterocycles. The third-order valence-corrected chi connectivity index (χ3v) is 5.36. The average molecular weight is 412 g/mol. The first-order valence-electron chi connectivity index (χ1n) is 5.66. The lowest BCUT2D eigenvalue weighted by Gasteiger charge is -2.19. The molecule has 0 fully saturated rings. The van der Waals surface area contributed by atoms with Crippen molar-refractivity contribution in [3.63, 3.8) is 0 Å². The minimum atomic E-state index is -0.532. The molecule has 2 atom stereocenters. The molecule has 7 heteroatoms. The SMILES string of the molecule is COC(=O)[C@H](Br)[C@H](Br)c1cc(OC)c(OC)c(OC)c1. The topological polar surface area (TPSA) is 54.0 Å². The van der Waals surface area contributed by atoms with Crippen molar-refractivity contribution in [1.82, 2.24) is 0 Å². The zero-order valence-corrected chi connectivity index (χ0v) is 14.8. The van der Waals surface area contributed by atoms with Gasteiger partial charge in [-0.25, -0.2) is 0 Å². The van der Waals surface area contributed by atoms with E-state index in [2.05, 4.69) is 31.9 Å². The lowest BCUT2D eigenvalue weighted by Crippen LogP contribution is -2.20. The van der Waals surface area contributed by atoms with E-state index in [0.717, 1.165) is 5.56 Å². The molecule has 0 heterocycles. The van der Waals surface area contributed by atoms with Crippen LogP contribution in [0.2, 0.25) is 0 Å². The average Bonchev–Trinajstić information content (AvgIpc) is 2.50. The molecule has 1 rings (SSSR count). The summed E-state index contributed by atoms with van der Waals surface area (Å²) in [6, 6.07) is 3.55. The van der Waals surface area contributed by atoms with Gasteiger partial charge in [-0.15, -0.1) is 0 Å². The van der Waals surface area contributed by atoms with Crippen LogP contribution in [-0.2, 0) is 9.53 Å². The van der Waals surface area contributed by atoms with Crippen molar-refractivity contribution in [2.75, 3.05) is 28.4 Å². The van der Waals surface area contributed by atoms with Gasteiger partial charge in [0.1, 0.15) is 4.83 Å². The number of esters is 1. The molecule has 20 heavy (non-hydrogen) atoms. The van der Waals surface area contributed by atoms with Gasteiger partial charge in [0.2, 0.25) is 5.75 Å². The van der Waals surface area contributed by atoms with Gasteiger partial charge < -0.3 is 18.9 Å². The molecule has 0 amide bonds. The van der Waals surface area contributed by atoms with E-state index in [0.29, 0.717) is 17.2 Å². The maximum Gasteiger partial charge on any atom is 0.320 e. The Morgan fingerprint density at radius 3 is 1.85 bits per heavy atom. The van der Waals surface area contributed by atoms with Gasteiger partial charge in [-0.3, -0.25) is 4.79 Å². The van der Waals surface area contributed by atoms with Gasteiger partial charge in [-0.05, 0) is 17.7 Å². The predicted octanol–water partition coefficient (Wildman–Crippen LogP) is 3.08. The van der Waals surface area contributed by atoms with Crippen molar-refractivity contribution in [2.24, 2.45) is 0 Å². The Bertz CT molecular complexity index is 453. The third kappa shape index (κ3) is 3.58. The van der Waals surface area contributed by atoms with Crippen LogP contribution in [0.4, 0.5) is 0 Å². The van der Waals surface area contributed by atoms with E-state index >= 15 is 0 Å². The van der Waals surface area contributed by atoms with Crippen LogP contribution >= 0.6 is 31.9 Å². The van der Waals surface area contributed by atoms with Crippen molar-refractivity contribution < 1.29 is 23.7 Å². The minimum absolute atomic E-state index is 0.302. The molecule has 0 unspecified atom stereocenters. The summed E-state index contributed by atoms with van der Waals surface area (Å²) < 4.78 is 20.5. The first kappa shape index (κ1) is 17.1. The summed E-state index contributed by atoms with van der Waals surface area (Å²) in [4.78, 5) is 10.7. The molecule has 0 saturated heterocycles. The summed E-state index contributed by atoms with van der Waals surface area (Å²) in [5, 5.41) is 0. The monoisotopic (exact) mass is 410 g/mol. The quantitative estimate of drug-likeness (QED) is 0.531. The van der Waals surface area contributed by atoms with E-state index in [1.165, 1.54) is 28.4 Å². The molecule has 0 aliphatic carbocycles. The maximum atomic E-state index is 11.6. The summed E-state index contributed by atoms with van der Waals surface area (Å²) in [6.45, 7) is 0. The van der Waals surface area contributed by atoms with E-state index < -0.39 is 4.83 Å². The van der Waals surface area contributed by atoms with Crippen molar-refractivity contribution in [2.45, 2.75) is 9.65 Å². The molecule has 0 radical (unpaired) electrons. The van der Waals surface area contributed by atoms with Crippen LogP contribution in [0.5, 0.6) is 17.2 Å². The highest BCUT2D eigenvalue weighted by atomic mass is 79.9. The summed E-state index contributed by atoms with van der Waals surface area (Å²) in [7, 11) is 5.95. The highest BCUT2D eigenvalue weighted by Gasteiger charge is 2.28. The number of carbonyl (C=O) groups is 1. The molecular formula is C13H16Br2O5. The van der Waals surface area contributed by atoms with Gasteiger partial charge in [0.15, 0.2) is 11.5 Å². The number of methoxy groups -OCH3 is 4. The fourth-order valence-electron chi connectivity index (χ4n) is 1.66. The number of benzene rings is 1. The summed E-state index contributed by atoms with van der Waals surface area (Å²) >= 11 is 6.77. The Morgan fingerprint density at radius 1 is 1.00 bits per heavy atom. The van der Waals surface area contributed by atoms with Gasteiger partial charge in [0.25, 0.3) is 0 Å². The highest BCUT2D eigenvalue weighted by molar-refractivity contribution is 9.12. The van der Waals surface area contributed by atoms with Gasteiger partial charge >= 0.3 is 5.97 Å². The van der Waals surface area contributed by atoms with E-state index in [4.69, 9.17) is 18.9 Å². The van der Waals surface area contributed by atoms with Crippen molar-refractivity contribution >= 4 is 37.8 Å². The fraction of sp³-hybridized carbons (Fsp3) is 0.462.